The first-order valence-electron chi connectivity index (χ1n) is 6.07. The molecule has 21 heavy (non-hydrogen) atoms. The molecule has 3 atom stereocenters. The van der Waals surface area contributed by atoms with Crippen LogP contribution in [0, 0.1) is 0 Å². The Morgan fingerprint density at radius 3 is 2.67 bits per heavy atom. The van der Waals surface area contributed by atoms with Gasteiger partial charge in [0, 0.05) is 0 Å². The van der Waals surface area contributed by atoms with E-state index in [0.29, 0.717) is 5.52 Å². The number of ether oxygens (including phenoxy) is 1. The normalized spacial score (nSPS) is 31.9. The number of aliphatic hydroxyl groups excluding tert-OH is 3. The van der Waals surface area contributed by atoms with Gasteiger partial charge < -0.3 is 25.2 Å². The number of aliphatic hydroxyl groups is 4. The summed E-state index contributed by atoms with van der Waals surface area (Å²) in [5.41, 5.74) is -1.53. The van der Waals surface area contributed by atoms with Gasteiger partial charge in [-0.1, -0.05) is 0 Å². The summed E-state index contributed by atoms with van der Waals surface area (Å²) in [5, 5.41) is 38.3. The maximum absolute atomic E-state index is 14.5. The van der Waals surface area contributed by atoms with Gasteiger partial charge in [0.2, 0.25) is 0 Å². The monoisotopic (exact) mass is 300 g/mol. The summed E-state index contributed by atoms with van der Waals surface area (Å²) in [4.78, 5) is 11.6. The van der Waals surface area contributed by atoms with E-state index in [1.54, 1.807) is 0 Å². The van der Waals surface area contributed by atoms with Crippen molar-refractivity contribution < 1.29 is 29.6 Å². The molecule has 1 saturated heterocycles. The zero-order valence-electron chi connectivity index (χ0n) is 10.7. The molecular weight excluding hydrogens is 287 g/mol. The third kappa shape index (κ3) is 1.84. The SMILES string of the molecule is OCC1(CO)OC(n2cnc3cncnc32)[C@](O)(F)[C@@H]1O. The summed E-state index contributed by atoms with van der Waals surface area (Å²) in [6, 6.07) is 0. The van der Waals surface area contributed by atoms with Crippen molar-refractivity contribution in [2.75, 3.05) is 13.2 Å². The summed E-state index contributed by atoms with van der Waals surface area (Å²) >= 11 is 0. The van der Waals surface area contributed by atoms with Gasteiger partial charge in [-0.15, -0.1) is 0 Å². The molecule has 114 valence electrons. The first-order chi connectivity index (χ1) is 9.96. The van der Waals surface area contributed by atoms with Gasteiger partial charge in [0.1, 0.15) is 17.4 Å². The average molecular weight is 300 g/mol. The van der Waals surface area contributed by atoms with Crippen LogP contribution in [0.15, 0.2) is 18.9 Å². The minimum Gasteiger partial charge on any atom is -0.393 e. The third-order valence-corrected chi connectivity index (χ3v) is 3.60. The first-order valence-corrected chi connectivity index (χ1v) is 6.07. The number of halogens is 1. The standard InChI is InChI=1S/C11H13FN4O5/c12-11(20)8(19)10(2-17,3-18)21-9(11)16-5-15-6-1-13-4-14-7(6)16/h1,4-5,8-9,17-20H,2-3H2/t8-,9?,11+/m1/s1. The van der Waals surface area contributed by atoms with Crippen LogP contribution in [0.2, 0.25) is 0 Å². The number of hydrogen-bond acceptors (Lipinski definition) is 8. The molecular formula is C11H13FN4O5. The Kier molecular flexibility index (Phi) is 3.15. The minimum atomic E-state index is -3.25. The van der Waals surface area contributed by atoms with E-state index in [1.807, 2.05) is 0 Å². The van der Waals surface area contributed by atoms with E-state index in [0.717, 1.165) is 10.9 Å². The fourth-order valence-corrected chi connectivity index (χ4v) is 2.38. The largest absolute Gasteiger partial charge is 0.393 e. The van der Waals surface area contributed by atoms with Gasteiger partial charge in [-0.2, -0.15) is 0 Å². The van der Waals surface area contributed by atoms with Gasteiger partial charge in [-0.3, -0.25) is 4.57 Å². The second kappa shape index (κ2) is 4.64. The lowest BCUT2D eigenvalue weighted by Gasteiger charge is -2.27. The number of nitrogens with zero attached hydrogens (tertiary/aromatic N) is 4. The lowest BCUT2D eigenvalue weighted by Crippen LogP contribution is -2.52. The summed E-state index contributed by atoms with van der Waals surface area (Å²) < 4.78 is 20.8. The molecule has 0 aliphatic carbocycles. The highest BCUT2D eigenvalue weighted by atomic mass is 19.2. The van der Waals surface area contributed by atoms with Crippen molar-refractivity contribution in [3.8, 4) is 0 Å². The molecule has 4 N–H and O–H groups in total. The van der Waals surface area contributed by atoms with Gasteiger partial charge in [0.15, 0.2) is 18.0 Å². The van der Waals surface area contributed by atoms with E-state index in [4.69, 9.17) is 4.74 Å². The maximum atomic E-state index is 14.5. The molecule has 0 amide bonds. The fourth-order valence-electron chi connectivity index (χ4n) is 2.38. The lowest BCUT2D eigenvalue weighted by molar-refractivity contribution is -0.195. The highest BCUT2D eigenvalue weighted by molar-refractivity contribution is 5.69. The molecule has 0 bridgehead atoms. The molecule has 9 nitrogen and oxygen atoms in total. The smallest absolute Gasteiger partial charge is 0.281 e. The average Bonchev–Trinajstić information content (AvgIpc) is 2.99. The Morgan fingerprint density at radius 2 is 2.05 bits per heavy atom. The molecule has 0 saturated carbocycles. The van der Waals surface area contributed by atoms with Crippen molar-refractivity contribution in [2.24, 2.45) is 0 Å². The Hall–Kier alpha value is -1.72. The van der Waals surface area contributed by atoms with Crippen molar-refractivity contribution in [1.29, 1.82) is 0 Å². The summed E-state index contributed by atoms with van der Waals surface area (Å²) in [6.45, 7) is -1.76. The number of alkyl halides is 1. The second-order valence-electron chi connectivity index (χ2n) is 4.86. The Morgan fingerprint density at radius 1 is 1.33 bits per heavy atom. The lowest BCUT2D eigenvalue weighted by atomic mass is 9.95. The number of imidazole rings is 1. The van der Waals surface area contributed by atoms with E-state index >= 15 is 0 Å². The quantitative estimate of drug-likeness (QED) is 0.516. The van der Waals surface area contributed by atoms with Crippen molar-refractivity contribution in [3.05, 3.63) is 18.9 Å². The van der Waals surface area contributed by atoms with Crippen molar-refractivity contribution in [1.82, 2.24) is 19.5 Å². The number of hydrogen-bond donors (Lipinski definition) is 4. The molecule has 3 heterocycles. The van der Waals surface area contributed by atoms with Crippen LogP contribution in [-0.4, -0.2) is 70.7 Å². The summed E-state index contributed by atoms with van der Waals surface area (Å²) in [7, 11) is 0. The number of aromatic nitrogens is 4. The Balaban J connectivity index is 2.10. The van der Waals surface area contributed by atoms with Gasteiger partial charge >= 0.3 is 0 Å². The maximum Gasteiger partial charge on any atom is 0.281 e. The molecule has 0 aromatic carbocycles. The van der Waals surface area contributed by atoms with E-state index in [1.165, 1.54) is 12.5 Å². The molecule has 0 spiro atoms. The molecule has 1 aliphatic heterocycles. The van der Waals surface area contributed by atoms with Gasteiger partial charge in [0.25, 0.3) is 5.85 Å². The molecule has 10 heteroatoms. The van der Waals surface area contributed by atoms with Crippen LogP contribution >= 0.6 is 0 Å². The van der Waals surface area contributed by atoms with Crippen LogP contribution in [0.3, 0.4) is 0 Å². The van der Waals surface area contributed by atoms with Crippen LogP contribution in [-0.2, 0) is 4.74 Å². The van der Waals surface area contributed by atoms with E-state index in [2.05, 4.69) is 15.0 Å². The number of rotatable bonds is 3. The van der Waals surface area contributed by atoms with Crippen LogP contribution < -0.4 is 0 Å². The fraction of sp³-hybridized carbons (Fsp3) is 0.545. The minimum absolute atomic E-state index is 0.171. The van der Waals surface area contributed by atoms with E-state index in [-0.39, 0.29) is 5.65 Å². The Labute approximate surface area is 117 Å². The molecule has 1 unspecified atom stereocenters. The topological polar surface area (TPSA) is 134 Å². The molecule has 3 rings (SSSR count). The van der Waals surface area contributed by atoms with Crippen LogP contribution in [0.25, 0.3) is 11.2 Å². The zero-order chi connectivity index (χ0) is 15.3. The molecule has 2 aromatic rings. The third-order valence-electron chi connectivity index (χ3n) is 3.60. The van der Waals surface area contributed by atoms with Gasteiger partial charge in [0.05, 0.1) is 25.7 Å². The molecule has 0 radical (unpaired) electrons. The molecule has 1 fully saturated rings. The van der Waals surface area contributed by atoms with Crippen LogP contribution in [0.4, 0.5) is 4.39 Å². The van der Waals surface area contributed by atoms with Crippen LogP contribution in [0.1, 0.15) is 6.23 Å². The molecule has 1 aliphatic rings. The van der Waals surface area contributed by atoms with Crippen molar-refractivity contribution in [2.45, 2.75) is 23.8 Å². The predicted molar refractivity (Wildman–Crippen MR) is 64.4 cm³/mol. The summed E-state index contributed by atoms with van der Waals surface area (Å²) in [5.74, 6) is -3.25. The zero-order valence-corrected chi connectivity index (χ0v) is 10.7. The first kappa shape index (κ1) is 14.2. The number of fused-ring (bicyclic) bond motifs is 1. The van der Waals surface area contributed by atoms with Crippen molar-refractivity contribution >= 4 is 11.2 Å². The van der Waals surface area contributed by atoms with Crippen LogP contribution in [0.5, 0.6) is 0 Å². The van der Waals surface area contributed by atoms with Gasteiger partial charge in [-0.05, 0) is 0 Å². The highest BCUT2D eigenvalue weighted by Gasteiger charge is 2.65. The van der Waals surface area contributed by atoms with Crippen molar-refractivity contribution in [3.63, 3.8) is 0 Å². The predicted octanol–water partition coefficient (Wildman–Crippen LogP) is -1.90. The van der Waals surface area contributed by atoms with E-state index in [9.17, 15) is 24.8 Å². The second-order valence-corrected chi connectivity index (χ2v) is 4.86. The Bertz CT molecular complexity index is 659. The van der Waals surface area contributed by atoms with E-state index < -0.39 is 37.0 Å². The highest BCUT2D eigenvalue weighted by Crippen LogP contribution is 2.45. The molecule has 2 aromatic heterocycles. The summed E-state index contributed by atoms with van der Waals surface area (Å²) in [6.07, 6.45) is -0.135. The van der Waals surface area contributed by atoms with Gasteiger partial charge in [-0.25, -0.2) is 19.3 Å².